The Balaban J connectivity index is 3.03. The second-order valence-electron chi connectivity index (χ2n) is 4.31. The molecule has 0 bridgehead atoms. The highest BCUT2D eigenvalue weighted by Gasteiger charge is 2.21. The smallest absolute Gasteiger partial charge is 0.165 e. The van der Waals surface area contributed by atoms with Gasteiger partial charge in [-0.3, -0.25) is 4.90 Å². The summed E-state index contributed by atoms with van der Waals surface area (Å²) in [5.74, 6) is 1.46. The third-order valence-corrected chi connectivity index (χ3v) is 3.20. The molecule has 19 heavy (non-hydrogen) atoms. The van der Waals surface area contributed by atoms with Crippen LogP contribution in [0.4, 0.5) is 0 Å². The molecule has 5 nitrogen and oxygen atoms in total. The second-order valence-corrected chi connectivity index (χ2v) is 4.31. The van der Waals surface area contributed by atoms with Crippen molar-refractivity contribution in [3.05, 3.63) is 23.8 Å². The average Bonchev–Trinajstić information content (AvgIpc) is 2.45. The van der Waals surface area contributed by atoms with Crippen molar-refractivity contribution < 1.29 is 14.2 Å². The van der Waals surface area contributed by atoms with Gasteiger partial charge in [0.1, 0.15) is 0 Å². The highest BCUT2D eigenvalue weighted by molar-refractivity contribution is 5.48. The molecule has 1 rings (SSSR count). The number of rotatable bonds is 8. The van der Waals surface area contributed by atoms with Crippen molar-refractivity contribution in [1.29, 1.82) is 0 Å². The van der Waals surface area contributed by atoms with E-state index in [0.29, 0.717) is 13.2 Å². The quantitative estimate of drug-likeness (QED) is 0.769. The van der Waals surface area contributed by atoms with Crippen LogP contribution >= 0.6 is 0 Å². The Morgan fingerprint density at radius 1 is 1.21 bits per heavy atom. The molecular formula is C14H24N2O3. The van der Waals surface area contributed by atoms with Crippen LogP contribution in [0, 0.1) is 0 Å². The van der Waals surface area contributed by atoms with Crippen molar-refractivity contribution in [3.63, 3.8) is 0 Å². The molecule has 1 aromatic carbocycles. The summed E-state index contributed by atoms with van der Waals surface area (Å²) in [5.41, 5.74) is 6.94. The number of methoxy groups -OCH3 is 3. The molecule has 0 saturated carbocycles. The Morgan fingerprint density at radius 2 is 1.95 bits per heavy atom. The Hall–Kier alpha value is -1.30. The molecule has 5 heteroatoms. The van der Waals surface area contributed by atoms with Crippen molar-refractivity contribution in [3.8, 4) is 11.5 Å². The first-order valence-electron chi connectivity index (χ1n) is 6.29. The molecule has 0 amide bonds. The third kappa shape index (κ3) is 3.83. The lowest BCUT2D eigenvalue weighted by Gasteiger charge is -2.28. The molecule has 0 aromatic heterocycles. The van der Waals surface area contributed by atoms with Crippen molar-refractivity contribution >= 4 is 0 Å². The van der Waals surface area contributed by atoms with Crippen molar-refractivity contribution in [2.75, 3.05) is 48.1 Å². The van der Waals surface area contributed by atoms with Gasteiger partial charge in [-0.25, -0.2) is 0 Å². The maximum absolute atomic E-state index is 5.91. The largest absolute Gasteiger partial charge is 0.493 e. The van der Waals surface area contributed by atoms with Gasteiger partial charge in [0, 0.05) is 25.8 Å². The number of nitrogens with two attached hydrogens (primary N) is 1. The molecular weight excluding hydrogens is 244 g/mol. The van der Waals surface area contributed by atoms with Gasteiger partial charge in [0.2, 0.25) is 0 Å². The lowest BCUT2D eigenvalue weighted by Crippen LogP contribution is -2.33. The first kappa shape index (κ1) is 15.8. The fourth-order valence-corrected chi connectivity index (χ4v) is 2.11. The zero-order chi connectivity index (χ0) is 14.3. The minimum Gasteiger partial charge on any atom is -0.493 e. The van der Waals surface area contributed by atoms with E-state index in [1.54, 1.807) is 21.3 Å². The van der Waals surface area contributed by atoms with Gasteiger partial charge in [0.05, 0.1) is 26.9 Å². The van der Waals surface area contributed by atoms with Gasteiger partial charge in [-0.2, -0.15) is 0 Å². The maximum Gasteiger partial charge on any atom is 0.165 e. The number of nitrogens with zero attached hydrogens (tertiary/aromatic N) is 1. The van der Waals surface area contributed by atoms with E-state index in [2.05, 4.69) is 4.90 Å². The van der Waals surface area contributed by atoms with Crippen LogP contribution in [0.3, 0.4) is 0 Å². The number of ether oxygens (including phenoxy) is 3. The summed E-state index contributed by atoms with van der Waals surface area (Å²) in [7, 11) is 6.99. The van der Waals surface area contributed by atoms with Crippen molar-refractivity contribution in [2.45, 2.75) is 6.04 Å². The summed E-state index contributed by atoms with van der Waals surface area (Å²) < 4.78 is 15.9. The predicted molar refractivity (Wildman–Crippen MR) is 75.8 cm³/mol. The van der Waals surface area contributed by atoms with Gasteiger partial charge in [-0.05, 0) is 13.1 Å². The first-order valence-corrected chi connectivity index (χ1v) is 6.29. The molecule has 0 heterocycles. The number of hydrogen-bond acceptors (Lipinski definition) is 5. The topological polar surface area (TPSA) is 57.0 Å². The van der Waals surface area contributed by atoms with Crippen LogP contribution in [0.1, 0.15) is 11.6 Å². The maximum atomic E-state index is 5.91. The number of para-hydroxylation sites is 1. The zero-order valence-electron chi connectivity index (χ0n) is 12.2. The Labute approximate surface area is 115 Å². The van der Waals surface area contributed by atoms with Crippen molar-refractivity contribution in [2.24, 2.45) is 5.73 Å². The highest BCUT2D eigenvalue weighted by Crippen LogP contribution is 2.35. The van der Waals surface area contributed by atoms with E-state index in [0.717, 1.165) is 23.6 Å². The van der Waals surface area contributed by atoms with Crippen LogP contribution in [0.5, 0.6) is 11.5 Å². The molecule has 0 fully saturated rings. The monoisotopic (exact) mass is 268 g/mol. The second kappa shape index (κ2) is 7.99. The summed E-state index contributed by atoms with van der Waals surface area (Å²) in [4.78, 5) is 2.15. The Kier molecular flexibility index (Phi) is 6.62. The van der Waals surface area contributed by atoms with Crippen LogP contribution in [0.25, 0.3) is 0 Å². The van der Waals surface area contributed by atoms with Crippen LogP contribution < -0.4 is 15.2 Å². The van der Waals surface area contributed by atoms with E-state index in [9.17, 15) is 0 Å². The van der Waals surface area contributed by atoms with Gasteiger partial charge in [-0.1, -0.05) is 12.1 Å². The molecule has 0 radical (unpaired) electrons. The summed E-state index contributed by atoms with van der Waals surface area (Å²) >= 11 is 0. The number of hydrogen-bond donors (Lipinski definition) is 1. The van der Waals surface area contributed by atoms with Gasteiger partial charge in [0.25, 0.3) is 0 Å². The highest BCUT2D eigenvalue weighted by atomic mass is 16.5. The molecule has 1 unspecified atom stereocenters. The Morgan fingerprint density at radius 3 is 2.47 bits per heavy atom. The van der Waals surface area contributed by atoms with Crippen LogP contribution in [0.2, 0.25) is 0 Å². The minimum absolute atomic E-state index is 0.0696. The molecule has 0 aliphatic heterocycles. The Bertz CT molecular complexity index is 385. The molecule has 0 saturated heterocycles. The average molecular weight is 268 g/mol. The van der Waals surface area contributed by atoms with Crippen LogP contribution in [-0.2, 0) is 4.74 Å². The first-order chi connectivity index (χ1) is 9.19. The fraction of sp³-hybridized carbons (Fsp3) is 0.571. The van der Waals surface area contributed by atoms with E-state index < -0.39 is 0 Å². The van der Waals surface area contributed by atoms with Crippen molar-refractivity contribution in [1.82, 2.24) is 4.90 Å². The molecule has 0 aliphatic carbocycles. The normalized spacial score (nSPS) is 12.5. The van der Waals surface area contributed by atoms with Crippen LogP contribution in [-0.4, -0.2) is 53.0 Å². The third-order valence-electron chi connectivity index (χ3n) is 3.20. The molecule has 2 N–H and O–H groups in total. The zero-order valence-corrected chi connectivity index (χ0v) is 12.2. The molecule has 0 spiro atoms. The van der Waals surface area contributed by atoms with E-state index in [1.165, 1.54) is 0 Å². The SMILES string of the molecule is COCCN(C)C(CN)c1cccc(OC)c1OC. The van der Waals surface area contributed by atoms with Gasteiger partial charge < -0.3 is 19.9 Å². The molecule has 0 aliphatic rings. The van der Waals surface area contributed by atoms with E-state index in [1.807, 2.05) is 25.2 Å². The number of likely N-dealkylation sites (N-methyl/N-ethyl adjacent to an activating group) is 1. The van der Waals surface area contributed by atoms with E-state index in [-0.39, 0.29) is 6.04 Å². The molecule has 1 aromatic rings. The molecule has 108 valence electrons. The van der Waals surface area contributed by atoms with Gasteiger partial charge in [0.15, 0.2) is 11.5 Å². The summed E-state index contributed by atoms with van der Waals surface area (Å²) in [6.45, 7) is 1.97. The molecule has 1 atom stereocenters. The lowest BCUT2D eigenvalue weighted by molar-refractivity contribution is 0.139. The van der Waals surface area contributed by atoms with E-state index >= 15 is 0 Å². The minimum atomic E-state index is 0.0696. The standard InChI is InChI=1S/C14H24N2O3/c1-16(8-9-17-2)12(10-15)11-6-5-7-13(18-3)14(11)19-4/h5-7,12H,8-10,15H2,1-4H3. The lowest BCUT2D eigenvalue weighted by atomic mass is 10.0. The number of benzene rings is 1. The van der Waals surface area contributed by atoms with Gasteiger partial charge >= 0.3 is 0 Å². The predicted octanol–water partition coefficient (Wildman–Crippen LogP) is 1.28. The van der Waals surface area contributed by atoms with Gasteiger partial charge in [-0.15, -0.1) is 0 Å². The summed E-state index contributed by atoms with van der Waals surface area (Å²) in [5, 5.41) is 0. The van der Waals surface area contributed by atoms with Crippen LogP contribution in [0.15, 0.2) is 18.2 Å². The summed E-state index contributed by atoms with van der Waals surface area (Å²) in [6.07, 6.45) is 0. The fourth-order valence-electron chi connectivity index (χ4n) is 2.11. The summed E-state index contributed by atoms with van der Waals surface area (Å²) in [6, 6.07) is 5.91. The van der Waals surface area contributed by atoms with E-state index in [4.69, 9.17) is 19.9 Å².